The van der Waals surface area contributed by atoms with Crippen molar-refractivity contribution in [2.45, 2.75) is 44.4 Å². The van der Waals surface area contributed by atoms with Crippen molar-refractivity contribution in [2.75, 3.05) is 18.0 Å². The second-order valence-electron chi connectivity index (χ2n) is 6.06. The van der Waals surface area contributed by atoms with E-state index in [1.165, 1.54) is 11.0 Å². The molecule has 0 aliphatic carbocycles. The maximum absolute atomic E-state index is 12.9. The molecule has 2 unspecified atom stereocenters. The van der Waals surface area contributed by atoms with Gasteiger partial charge in [0.2, 0.25) is 5.91 Å². The molecule has 2 aliphatic rings. The number of piperidine rings is 1. The number of halogens is 3. The van der Waals surface area contributed by atoms with Crippen LogP contribution in [0.4, 0.5) is 18.9 Å². The van der Waals surface area contributed by atoms with Crippen LogP contribution in [0.3, 0.4) is 0 Å². The molecule has 22 heavy (non-hydrogen) atoms. The lowest BCUT2D eigenvalue weighted by Gasteiger charge is -2.47. The highest BCUT2D eigenvalue weighted by Gasteiger charge is 2.40. The van der Waals surface area contributed by atoms with Crippen molar-refractivity contribution < 1.29 is 18.0 Å². The summed E-state index contributed by atoms with van der Waals surface area (Å²) < 4.78 is 38.6. The first-order valence-electron chi connectivity index (χ1n) is 7.62. The molecule has 0 aromatic heterocycles. The molecule has 1 amide bonds. The Kier molecular flexibility index (Phi) is 3.89. The van der Waals surface area contributed by atoms with E-state index in [0.717, 1.165) is 37.9 Å². The van der Waals surface area contributed by atoms with Gasteiger partial charge in [-0.15, -0.1) is 0 Å². The van der Waals surface area contributed by atoms with Crippen LogP contribution < -0.4 is 4.90 Å². The van der Waals surface area contributed by atoms with E-state index in [0.29, 0.717) is 12.2 Å². The number of carbonyl (C=O) groups is 1. The van der Waals surface area contributed by atoms with Crippen LogP contribution in [0.5, 0.6) is 0 Å². The van der Waals surface area contributed by atoms with Crippen LogP contribution in [0.2, 0.25) is 0 Å². The number of hydrogen-bond donors (Lipinski definition) is 0. The van der Waals surface area contributed by atoms with Gasteiger partial charge in [-0.3, -0.25) is 9.69 Å². The number of nitrogens with zero attached hydrogens (tertiary/aromatic N) is 2. The lowest BCUT2D eigenvalue weighted by Crippen LogP contribution is -2.62. The Hall–Kier alpha value is -1.56. The first-order chi connectivity index (χ1) is 10.4. The predicted octanol–water partition coefficient (Wildman–Crippen LogP) is 3.30. The van der Waals surface area contributed by atoms with Gasteiger partial charge in [-0.05, 0) is 44.5 Å². The third-order valence-corrected chi connectivity index (χ3v) is 4.67. The van der Waals surface area contributed by atoms with Crippen molar-refractivity contribution >= 4 is 11.6 Å². The fourth-order valence-electron chi connectivity index (χ4n) is 3.48. The van der Waals surface area contributed by atoms with E-state index >= 15 is 0 Å². The molecule has 6 heteroatoms. The van der Waals surface area contributed by atoms with Crippen LogP contribution in [-0.2, 0) is 11.0 Å². The van der Waals surface area contributed by atoms with Gasteiger partial charge < -0.3 is 4.90 Å². The fourth-order valence-corrected chi connectivity index (χ4v) is 3.48. The Labute approximate surface area is 127 Å². The number of alkyl halides is 3. The van der Waals surface area contributed by atoms with Crippen molar-refractivity contribution in [1.29, 1.82) is 0 Å². The van der Waals surface area contributed by atoms with E-state index in [1.807, 2.05) is 6.92 Å². The van der Waals surface area contributed by atoms with Crippen molar-refractivity contribution in [3.8, 4) is 0 Å². The molecule has 2 aliphatic heterocycles. The summed E-state index contributed by atoms with van der Waals surface area (Å²) in [7, 11) is 0. The maximum Gasteiger partial charge on any atom is 0.416 e. The summed E-state index contributed by atoms with van der Waals surface area (Å²) in [6.07, 6.45) is -1.21. The second kappa shape index (κ2) is 5.57. The molecule has 2 atom stereocenters. The Morgan fingerprint density at radius 3 is 2.73 bits per heavy atom. The second-order valence-corrected chi connectivity index (χ2v) is 6.06. The van der Waals surface area contributed by atoms with Gasteiger partial charge in [0.15, 0.2) is 0 Å². The Bertz CT molecular complexity index is 573. The molecule has 2 heterocycles. The van der Waals surface area contributed by atoms with E-state index in [9.17, 15) is 18.0 Å². The third kappa shape index (κ3) is 2.72. The van der Waals surface area contributed by atoms with Crippen molar-refractivity contribution in [3.63, 3.8) is 0 Å². The van der Waals surface area contributed by atoms with Crippen LogP contribution in [-0.4, -0.2) is 36.0 Å². The monoisotopic (exact) mass is 312 g/mol. The van der Waals surface area contributed by atoms with E-state index in [1.54, 1.807) is 6.07 Å². The standard InChI is InChI=1S/C16H19F3N2O/c1-11-15(22)21(10-14-6-2-3-8-20(11)14)13-7-4-5-12(9-13)16(17,18)19/h4-5,7,9,11,14H,2-3,6,8,10H2,1H3. The molecular formula is C16H19F3N2O. The van der Waals surface area contributed by atoms with Gasteiger partial charge in [0.1, 0.15) is 0 Å². The molecule has 0 saturated carbocycles. The number of fused-ring (bicyclic) bond motifs is 1. The van der Waals surface area contributed by atoms with Crippen molar-refractivity contribution in [2.24, 2.45) is 0 Å². The summed E-state index contributed by atoms with van der Waals surface area (Å²) in [4.78, 5) is 16.3. The molecule has 0 N–H and O–H groups in total. The minimum Gasteiger partial charge on any atom is -0.309 e. The number of carbonyl (C=O) groups excluding carboxylic acids is 1. The van der Waals surface area contributed by atoms with Crippen molar-refractivity contribution in [1.82, 2.24) is 4.90 Å². The molecule has 1 aromatic rings. The van der Waals surface area contributed by atoms with Gasteiger partial charge in [0, 0.05) is 18.3 Å². The quantitative estimate of drug-likeness (QED) is 0.794. The highest BCUT2D eigenvalue weighted by atomic mass is 19.4. The molecule has 3 nitrogen and oxygen atoms in total. The highest BCUT2D eigenvalue weighted by molar-refractivity contribution is 5.98. The Balaban J connectivity index is 1.89. The van der Waals surface area contributed by atoms with Gasteiger partial charge in [-0.1, -0.05) is 12.5 Å². The zero-order valence-electron chi connectivity index (χ0n) is 12.4. The maximum atomic E-state index is 12.9. The lowest BCUT2D eigenvalue weighted by molar-refractivity contribution is -0.137. The van der Waals surface area contributed by atoms with Crippen LogP contribution in [0, 0.1) is 0 Å². The van der Waals surface area contributed by atoms with Crippen molar-refractivity contribution in [3.05, 3.63) is 29.8 Å². The summed E-state index contributed by atoms with van der Waals surface area (Å²) in [6.45, 7) is 3.22. The van der Waals surface area contributed by atoms with Crippen LogP contribution in [0.1, 0.15) is 31.7 Å². The molecule has 2 fully saturated rings. The van der Waals surface area contributed by atoms with Gasteiger partial charge in [-0.2, -0.15) is 13.2 Å². The summed E-state index contributed by atoms with van der Waals surface area (Å²) >= 11 is 0. The average Bonchev–Trinajstić information content (AvgIpc) is 2.50. The number of benzene rings is 1. The van der Waals surface area contributed by atoms with Gasteiger partial charge >= 0.3 is 6.18 Å². The lowest BCUT2D eigenvalue weighted by atomic mass is 9.95. The van der Waals surface area contributed by atoms with Gasteiger partial charge in [0.25, 0.3) is 0 Å². The molecule has 0 spiro atoms. The molecule has 3 rings (SSSR count). The van der Waals surface area contributed by atoms with Gasteiger partial charge in [-0.25, -0.2) is 0 Å². The highest BCUT2D eigenvalue weighted by Crippen LogP contribution is 2.34. The third-order valence-electron chi connectivity index (χ3n) is 4.67. The zero-order valence-corrected chi connectivity index (χ0v) is 12.4. The van der Waals surface area contributed by atoms with Crippen LogP contribution in [0.15, 0.2) is 24.3 Å². The number of rotatable bonds is 1. The van der Waals surface area contributed by atoms with Crippen LogP contribution in [0.25, 0.3) is 0 Å². The number of anilines is 1. The summed E-state index contributed by atoms with van der Waals surface area (Å²) in [5.41, 5.74) is -0.367. The summed E-state index contributed by atoms with van der Waals surface area (Å²) in [6, 6.07) is 5.03. The number of hydrogen-bond acceptors (Lipinski definition) is 2. The minimum absolute atomic E-state index is 0.113. The Morgan fingerprint density at radius 2 is 2.00 bits per heavy atom. The Morgan fingerprint density at radius 1 is 1.23 bits per heavy atom. The summed E-state index contributed by atoms with van der Waals surface area (Å²) in [5, 5.41) is 0. The molecule has 2 saturated heterocycles. The molecule has 1 aromatic carbocycles. The normalized spacial score (nSPS) is 26.9. The average molecular weight is 312 g/mol. The van der Waals surface area contributed by atoms with Gasteiger partial charge in [0.05, 0.1) is 11.6 Å². The van der Waals surface area contributed by atoms with E-state index in [4.69, 9.17) is 0 Å². The zero-order chi connectivity index (χ0) is 15.9. The molecular weight excluding hydrogens is 293 g/mol. The molecule has 0 radical (unpaired) electrons. The number of piperazine rings is 1. The summed E-state index contributed by atoms with van der Waals surface area (Å²) in [5.74, 6) is -0.113. The number of amides is 1. The largest absolute Gasteiger partial charge is 0.416 e. The first kappa shape index (κ1) is 15.3. The SMILES string of the molecule is CC1C(=O)N(c2cccc(C(F)(F)F)c2)CC2CCCCN21. The first-order valence-corrected chi connectivity index (χ1v) is 7.62. The van der Waals surface area contributed by atoms with E-state index in [2.05, 4.69) is 4.90 Å². The fraction of sp³-hybridized carbons (Fsp3) is 0.562. The predicted molar refractivity (Wildman–Crippen MR) is 77.6 cm³/mol. The molecule has 0 bridgehead atoms. The minimum atomic E-state index is -4.39. The smallest absolute Gasteiger partial charge is 0.309 e. The topological polar surface area (TPSA) is 23.6 Å². The van der Waals surface area contributed by atoms with E-state index < -0.39 is 11.7 Å². The van der Waals surface area contributed by atoms with Crippen LogP contribution >= 0.6 is 0 Å². The molecule has 120 valence electrons. The van der Waals surface area contributed by atoms with E-state index in [-0.39, 0.29) is 18.0 Å².